The smallest absolute Gasteiger partial charge is 0.205 e. The van der Waals surface area contributed by atoms with E-state index in [2.05, 4.69) is 13.2 Å². The van der Waals surface area contributed by atoms with E-state index >= 15 is 0 Å². The Kier molecular flexibility index (Phi) is 4.42. The molecule has 0 bridgehead atoms. The summed E-state index contributed by atoms with van der Waals surface area (Å²) >= 11 is 0. The van der Waals surface area contributed by atoms with Gasteiger partial charge in [-0.1, -0.05) is 32.2 Å². The molecule has 0 heterocycles. The summed E-state index contributed by atoms with van der Waals surface area (Å²) in [6.07, 6.45) is 0.753. The van der Waals surface area contributed by atoms with Gasteiger partial charge in [0.25, 0.3) is 6.43 Å². The van der Waals surface area contributed by atoms with Crippen LogP contribution in [0.2, 0.25) is 0 Å². The summed E-state index contributed by atoms with van der Waals surface area (Å²) in [6, 6.07) is 0. The maximum Gasteiger partial charge on any atom is 0.264 e. The zero-order valence-corrected chi connectivity index (χ0v) is 6.61. The van der Waals surface area contributed by atoms with E-state index in [9.17, 15) is 8.78 Å². The minimum atomic E-state index is -2.44. The number of hydrogen-bond acceptors (Lipinski definition) is 0. The highest BCUT2D eigenvalue weighted by molar-refractivity contribution is 5.32. The highest BCUT2D eigenvalue weighted by Gasteiger charge is 2.11. The summed E-state index contributed by atoms with van der Waals surface area (Å²) in [6.45, 7) is 8.66. The summed E-state index contributed by atoms with van der Waals surface area (Å²) in [5, 5.41) is 0. The standard InChI is InChI=1S/C9H12F2/c1-4-6-8(9(10)11)7(3)5-2/h4,6,9H,1,3,5H2,2H3/b8-6+. The molecule has 0 aliphatic heterocycles. The van der Waals surface area contributed by atoms with Crippen LogP contribution in [0.25, 0.3) is 0 Å². The Balaban J connectivity index is 4.47. The molecule has 0 N–H and O–H groups in total. The Bertz CT molecular complexity index is 178. The normalized spacial score (nSPS) is 11.8. The minimum Gasteiger partial charge on any atom is -0.205 e. The van der Waals surface area contributed by atoms with Crippen LogP contribution in [0.4, 0.5) is 8.78 Å². The van der Waals surface area contributed by atoms with Gasteiger partial charge in [0.1, 0.15) is 0 Å². The van der Waals surface area contributed by atoms with Gasteiger partial charge in [0.05, 0.1) is 0 Å². The average Bonchev–Trinajstić information content (AvgIpc) is 1.98. The van der Waals surface area contributed by atoms with Crippen molar-refractivity contribution in [2.45, 2.75) is 19.8 Å². The molecular weight excluding hydrogens is 146 g/mol. The number of allylic oxidation sites excluding steroid dienone is 4. The molecular formula is C9H12F2. The van der Waals surface area contributed by atoms with E-state index < -0.39 is 6.43 Å². The van der Waals surface area contributed by atoms with Crippen LogP contribution in [-0.4, -0.2) is 6.43 Å². The molecule has 0 fully saturated rings. The molecule has 62 valence electrons. The zero-order chi connectivity index (χ0) is 8.85. The quantitative estimate of drug-likeness (QED) is 0.550. The van der Waals surface area contributed by atoms with Gasteiger partial charge in [0.2, 0.25) is 0 Å². The first-order chi connectivity index (χ1) is 5.13. The molecule has 0 nitrogen and oxygen atoms in total. The van der Waals surface area contributed by atoms with E-state index in [1.165, 1.54) is 12.2 Å². The summed E-state index contributed by atoms with van der Waals surface area (Å²) in [7, 11) is 0. The van der Waals surface area contributed by atoms with Crippen molar-refractivity contribution in [2.75, 3.05) is 0 Å². The van der Waals surface area contributed by atoms with Gasteiger partial charge in [-0.2, -0.15) is 0 Å². The molecule has 0 aromatic rings. The highest BCUT2D eigenvalue weighted by atomic mass is 19.3. The fourth-order valence-electron chi connectivity index (χ4n) is 0.676. The van der Waals surface area contributed by atoms with Gasteiger partial charge < -0.3 is 0 Å². The Labute approximate surface area is 65.9 Å². The lowest BCUT2D eigenvalue weighted by atomic mass is 10.1. The molecule has 2 heteroatoms. The van der Waals surface area contributed by atoms with Crippen LogP contribution in [0.3, 0.4) is 0 Å². The van der Waals surface area contributed by atoms with Crippen LogP contribution in [0.15, 0.2) is 36.5 Å². The van der Waals surface area contributed by atoms with Crippen molar-refractivity contribution < 1.29 is 8.78 Å². The molecule has 0 aromatic heterocycles. The van der Waals surface area contributed by atoms with E-state index in [0.29, 0.717) is 12.0 Å². The summed E-state index contributed by atoms with van der Waals surface area (Å²) in [5.41, 5.74) is 0.461. The van der Waals surface area contributed by atoms with Gasteiger partial charge in [-0.05, 0) is 12.0 Å². The van der Waals surface area contributed by atoms with Crippen molar-refractivity contribution in [1.82, 2.24) is 0 Å². The van der Waals surface area contributed by atoms with Gasteiger partial charge >= 0.3 is 0 Å². The molecule has 0 aromatic carbocycles. The first-order valence-electron chi connectivity index (χ1n) is 3.42. The number of hydrogen-bond donors (Lipinski definition) is 0. The molecule has 11 heavy (non-hydrogen) atoms. The van der Waals surface area contributed by atoms with E-state index in [-0.39, 0.29) is 5.57 Å². The van der Waals surface area contributed by atoms with E-state index in [1.54, 1.807) is 6.92 Å². The highest BCUT2D eigenvalue weighted by Crippen LogP contribution is 2.19. The number of rotatable bonds is 4. The lowest BCUT2D eigenvalue weighted by Crippen LogP contribution is -1.98. The number of alkyl halides is 2. The molecule has 0 amide bonds. The molecule has 0 unspecified atom stereocenters. The number of halogens is 2. The molecule has 0 saturated heterocycles. The monoisotopic (exact) mass is 158 g/mol. The largest absolute Gasteiger partial charge is 0.264 e. The lowest BCUT2D eigenvalue weighted by Gasteiger charge is -2.05. The molecule has 0 spiro atoms. The van der Waals surface area contributed by atoms with Crippen LogP contribution >= 0.6 is 0 Å². The van der Waals surface area contributed by atoms with Crippen molar-refractivity contribution in [3.63, 3.8) is 0 Å². The first kappa shape index (κ1) is 10.1. The maximum absolute atomic E-state index is 12.1. The van der Waals surface area contributed by atoms with Crippen LogP contribution < -0.4 is 0 Å². The fraction of sp³-hybridized carbons (Fsp3) is 0.333. The third-order valence-corrected chi connectivity index (χ3v) is 1.37. The van der Waals surface area contributed by atoms with Gasteiger partial charge in [0.15, 0.2) is 0 Å². The minimum absolute atomic E-state index is 0.0116. The molecule has 0 rings (SSSR count). The predicted molar refractivity (Wildman–Crippen MR) is 43.7 cm³/mol. The van der Waals surface area contributed by atoms with E-state index in [4.69, 9.17) is 0 Å². The van der Waals surface area contributed by atoms with Crippen molar-refractivity contribution in [3.05, 3.63) is 36.5 Å². The Hall–Kier alpha value is -0.920. The Morgan fingerprint density at radius 1 is 1.55 bits per heavy atom. The van der Waals surface area contributed by atoms with Gasteiger partial charge in [-0.15, -0.1) is 0 Å². The molecule has 0 saturated carbocycles. The van der Waals surface area contributed by atoms with Crippen molar-refractivity contribution in [2.24, 2.45) is 0 Å². The van der Waals surface area contributed by atoms with Crippen LogP contribution in [0.5, 0.6) is 0 Å². The van der Waals surface area contributed by atoms with Crippen LogP contribution in [-0.2, 0) is 0 Å². The molecule has 0 aliphatic carbocycles. The van der Waals surface area contributed by atoms with Gasteiger partial charge in [0, 0.05) is 5.57 Å². The lowest BCUT2D eigenvalue weighted by molar-refractivity contribution is 0.192. The van der Waals surface area contributed by atoms with Crippen LogP contribution in [0, 0.1) is 0 Å². The topological polar surface area (TPSA) is 0 Å². The fourth-order valence-corrected chi connectivity index (χ4v) is 0.676. The second-order valence-electron chi connectivity index (χ2n) is 2.12. The molecule has 0 atom stereocenters. The van der Waals surface area contributed by atoms with Crippen molar-refractivity contribution >= 4 is 0 Å². The molecule has 0 aliphatic rings. The van der Waals surface area contributed by atoms with E-state index in [1.807, 2.05) is 0 Å². The zero-order valence-electron chi connectivity index (χ0n) is 6.61. The second kappa shape index (κ2) is 4.83. The summed E-state index contributed by atoms with van der Waals surface area (Å²) in [5.74, 6) is 0. The SMILES string of the molecule is C=C/C=C(\C(=C)CC)C(F)F. The Morgan fingerprint density at radius 2 is 2.09 bits per heavy atom. The summed E-state index contributed by atoms with van der Waals surface area (Å²) < 4.78 is 24.3. The molecule has 0 radical (unpaired) electrons. The van der Waals surface area contributed by atoms with Crippen LogP contribution in [0.1, 0.15) is 13.3 Å². The Morgan fingerprint density at radius 3 is 2.36 bits per heavy atom. The van der Waals surface area contributed by atoms with E-state index in [0.717, 1.165) is 0 Å². The third kappa shape index (κ3) is 3.12. The third-order valence-electron chi connectivity index (χ3n) is 1.37. The summed E-state index contributed by atoms with van der Waals surface area (Å²) in [4.78, 5) is 0. The van der Waals surface area contributed by atoms with Crippen molar-refractivity contribution in [1.29, 1.82) is 0 Å². The average molecular weight is 158 g/mol. The van der Waals surface area contributed by atoms with Gasteiger partial charge in [-0.3, -0.25) is 0 Å². The first-order valence-corrected chi connectivity index (χ1v) is 3.42. The second-order valence-corrected chi connectivity index (χ2v) is 2.12. The predicted octanol–water partition coefficient (Wildman–Crippen LogP) is 3.33. The maximum atomic E-state index is 12.1. The van der Waals surface area contributed by atoms with Gasteiger partial charge in [-0.25, -0.2) is 8.78 Å². The van der Waals surface area contributed by atoms with Crippen molar-refractivity contribution in [3.8, 4) is 0 Å².